The molecule has 1 aliphatic heterocycles. The first-order chi connectivity index (χ1) is 8.51. The van der Waals surface area contributed by atoms with E-state index in [1.165, 1.54) is 12.1 Å². The van der Waals surface area contributed by atoms with Crippen LogP contribution in [0.4, 0.5) is 0 Å². The first-order valence-corrected chi connectivity index (χ1v) is 8.02. The molecule has 0 bridgehead atoms. The average molecular weight is 285 g/mol. The van der Waals surface area contributed by atoms with Gasteiger partial charge in [-0.15, -0.1) is 11.3 Å². The second-order valence-electron chi connectivity index (χ2n) is 4.45. The Balaban J connectivity index is 2.09. The van der Waals surface area contributed by atoms with Gasteiger partial charge in [0.1, 0.15) is 15.2 Å². The van der Waals surface area contributed by atoms with Crippen molar-refractivity contribution in [2.75, 3.05) is 20.1 Å². The number of sulfonamides is 1. The van der Waals surface area contributed by atoms with Crippen LogP contribution in [-0.2, 0) is 10.0 Å². The lowest BCUT2D eigenvalue weighted by molar-refractivity contribution is 0.242. The van der Waals surface area contributed by atoms with Gasteiger partial charge < -0.3 is 4.90 Å². The Labute approximate surface area is 111 Å². The Morgan fingerprint density at radius 1 is 1.56 bits per heavy atom. The summed E-state index contributed by atoms with van der Waals surface area (Å²) in [6.45, 7) is 1.74. The molecule has 1 N–H and O–H groups in total. The maximum atomic E-state index is 12.1. The number of nitrogens with one attached hydrogen (secondary N) is 1. The van der Waals surface area contributed by atoms with Gasteiger partial charge in [0.25, 0.3) is 0 Å². The number of likely N-dealkylation sites (N-methyl/N-ethyl adjacent to an activating group) is 1. The molecule has 2 heterocycles. The van der Waals surface area contributed by atoms with E-state index in [0.29, 0.717) is 4.88 Å². The molecule has 0 amide bonds. The number of nitrogens with zero attached hydrogens (tertiary/aromatic N) is 2. The maximum Gasteiger partial charge on any atom is 0.250 e. The van der Waals surface area contributed by atoms with Gasteiger partial charge in [0.05, 0.1) is 0 Å². The molecule has 7 heteroatoms. The Morgan fingerprint density at radius 2 is 2.33 bits per heavy atom. The minimum atomic E-state index is -3.48. The second kappa shape index (κ2) is 5.36. The molecule has 5 nitrogen and oxygen atoms in total. The van der Waals surface area contributed by atoms with Crippen molar-refractivity contribution in [1.82, 2.24) is 9.62 Å². The Bertz CT molecular complexity index is 559. The van der Waals surface area contributed by atoms with E-state index < -0.39 is 10.0 Å². The Kier molecular flexibility index (Phi) is 4.02. The molecule has 1 aromatic rings. The van der Waals surface area contributed by atoms with Crippen LogP contribution in [0.3, 0.4) is 0 Å². The predicted octanol–water partition coefficient (Wildman–Crippen LogP) is 0.992. The van der Waals surface area contributed by atoms with Gasteiger partial charge in [-0.2, -0.15) is 5.26 Å². The van der Waals surface area contributed by atoms with Gasteiger partial charge in [-0.25, -0.2) is 13.1 Å². The number of likely N-dealkylation sites (tertiary alicyclic amines) is 1. The summed E-state index contributed by atoms with van der Waals surface area (Å²) < 4.78 is 27.1. The predicted molar refractivity (Wildman–Crippen MR) is 69.9 cm³/mol. The fourth-order valence-corrected chi connectivity index (χ4v) is 4.45. The van der Waals surface area contributed by atoms with Gasteiger partial charge in [-0.3, -0.25) is 0 Å². The van der Waals surface area contributed by atoms with Crippen molar-refractivity contribution in [3.63, 3.8) is 0 Å². The van der Waals surface area contributed by atoms with Crippen molar-refractivity contribution in [1.29, 1.82) is 5.26 Å². The van der Waals surface area contributed by atoms with E-state index in [4.69, 9.17) is 5.26 Å². The third kappa shape index (κ3) is 3.09. The summed E-state index contributed by atoms with van der Waals surface area (Å²) in [5, 5.41) is 8.71. The minimum Gasteiger partial charge on any atom is -0.305 e. The van der Waals surface area contributed by atoms with Gasteiger partial charge in [-0.1, -0.05) is 0 Å². The molecule has 0 aromatic carbocycles. The molecule has 98 valence electrons. The summed E-state index contributed by atoms with van der Waals surface area (Å²) in [5.74, 6) is 0. The van der Waals surface area contributed by atoms with Gasteiger partial charge in [0.2, 0.25) is 10.0 Å². The van der Waals surface area contributed by atoms with E-state index in [-0.39, 0.29) is 10.3 Å². The fourth-order valence-electron chi connectivity index (χ4n) is 2.06. The Hall–Kier alpha value is -0.940. The molecular formula is C11H15N3O2S2. The van der Waals surface area contributed by atoms with Crippen molar-refractivity contribution in [3.8, 4) is 6.07 Å². The standard InChI is InChI=1S/C11H15N3O2S2/c1-14-6-2-3-9(8-14)13-18(15,16)11-5-4-10(7-12)17-11/h4-5,9,13H,2-3,6,8H2,1H3. The highest BCUT2D eigenvalue weighted by Gasteiger charge is 2.24. The molecule has 0 saturated carbocycles. The smallest absolute Gasteiger partial charge is 0.250 e. The molecule has 18 heavy (non-hydrogen) atoms. The topological polar surface area (TPSA) is 73.2 Å². The number of hydrogen-bond donors (Lipinski definition) is 1. The van der Waals surface area contributed by atoms with Crippen LogP contribution in [0.2, 0.25) is 0 Å². The minimum absolute atomic E-state index is 0.0404. The van der Waals surface area contributed by atoms with E-state index >= 15 is 0 Å². The summed E-state index contributed by atoms with van der Waals surface area (Å²) in [7, 11) is -1.50. The van der Waals surface area contributed by atoms with E-state index in [9.17, 15) is 8.42 Å². The van der Waals surface area contributed by atoms with Crippen LogP contribution in [0.25, 0.3) is 0 Å². The number of thiophene rings is 1. The van der Waals surface area contributed by atoms with Gasteiger partial charge in [-0.05, 0) is 38.6 Å². The monoisotopic (exact) mass is 285 g/mol. The zero-order valence-electron chi connectivity index (χ0n) is 10.1. The van der Waals surface area contributed by atoms with Crippen molar-refractivity contribution in [3.05, 3.63) is 17.0 Å². The normalized spacial score (nSPS) is 21.7. The highest BCUT2D eigenvalue weighted by atomic mass is 32.2. The summed E-state index contributed by atoms with van der Waals surface area (Å²) in [4.78, 5) is 2.53. The highest BCUT2D eigenvalue weighted by molar-refractivity contribution is 7.91. The number of nitriles is 1. The largest absolute Gasteiger partial charge is 0.305 e. The quantitative estimate of drug-likeness (QED) is 0.899. The SMILES string of the molecule is CN1CCCC(NS(=O)(=O)c2ccc(C#N)s2)C1. The third-order valence-corrected chi connectivity index (χ3v) is 5.90. The van der Waals surface area contributed by atoms with Gasteiger partial charge in [0, 0.05) is 12.6 Å². The van der Waals surface area contributed by atoms with E-state index in [1.54, 1.807) is 0 Å². The lowest BCUT2D eigenvalue weighted by Crippen LogP contribution is -2.46. The van der Waals surface area contributed by atoms with Crippen LogP contribution < -0.4 is 4.72 Å². The fraction of sp³-hybridized carbons (Fsp3) is 0.545. The van der Waals surface area contributed by atoms with Crippen LogP contribution in [0.15, 0.2) is 16.3 Å². The molecule has 1 aliphatic rings. The molecule has 1 aromatic heterocycles. The van der Waals surface area contributed by atoms with E-state index in [0.717, 1.165) is 37.3 Å². The Morgan fingerprint density at radius 3 is 2.94 bits per heavy atom. The molecule has 2 rings (SSSR count). The second-order valence-corrected chi connectivity index (χ2v) is 7.48. The average Bonchev–Trinajstić information content (AvgIpc) is 2.77. The molecule has 0 aliphatic carbocycles. The third-order valence-electron chi connectivity index (χ3n) is 2.90. The summed E-state index contributed by atoms with van der Waals surface area (Å²) in [5.41, 5.74) is 0. The molecule has 1 atom stereocenters. The molecule has 0 spiro atoms. The first kappa shape index (κ1) is 13.5. The summed E-state index contributed by atoms with van der Waals surface area (Å²) >= 11 is 1.00. The highest BCUT2D eigenvalue weighted by Crippen LogP contribution is 2.21. The summed E-state index contributed by atoms with van der Waals surface area (Å²) in [6.07, 6.45) is 1.86. The van der Waals surface area contributed by atoms with Crippen molar-refractivity contribution in [2.24, 2.45) is 0 Å². The van der Waals surface area contributed by atoms with E-state index in [2.05, 4.69) is 9.62 Å². The van der Waals surface area contributed by atoms with Gasteiger partial charge in [0.15, 0.2) is 0 Å². The molecule has 1 unspecified atom stereocenters. The maximum absolute atomic E-state index is 12.1. The molecule has 0 radical (unpaired) electrons. The van der Waals surface area contributed by atoms with Crippen molar-refractivity contribution >= 4 is 21.4 Å². The molecule has 1 fully saturated rings. The zero-order valence-corrected chi connectivity index (χ0v) is 11.7. The zero-order chi connectivity index (χ0) is 13.2. The summed E-state index contributed by atoms with van der Waals surface area (Å²) in [6, 6.07) is 4.93. The number of piperidine rings is 1. The lowest BCUT2D eigenvalue weighted by Gasteiger charge is -2.29. The van der Waals surface area contributed by atoms with Crippen LogP contribution in [0.1, 0.15) is 17.7 Å². The van der Waals surface area contributed by atoms with Crippen LogP contribution >= 0.6 is 11.3 Å². The number of rotatable bonds is 3. The van der Waals surface area contributed by atoms with Crippen LogP contribution in [0.5, 0.6) is 0 Å². The van der Waals surface area contributed by atoms with Crippen LogP contribution in [0, 0.1) is 11.3 Å². The van der Waals surface area contributed by atoms with Gasteiger partial charge >= 0.3 is 0 Å². The number of hydrogen-bond acceptors (Lipinski definition) is 5. The van der Waals surface area contributed by atoms with E-state index in [1.807, 2.05) is 13.1 Å². The first-order valence-electron chi connectivity index (χ1n) is 5.72. The van der Waals surface area contributed by atoms with Crippen molar-refractivity contribution in [2.45, 2.75) is 23.1 Å². The molecular weight excluding hydrogens is 270 g/mol. The lowest BCUT2D eigenvalue weighted by atomic mass is 10.1. The van der Waals surface area contributed by atoms with Crippen molar-refractivity contribution < 1.29 is 8.42 Å². The molecule has 1 saturated heterocycles. The van der Waals surface area contributed by atoms with Crippen LogP contribution in [-0.4, -0.2) is 39.5 Å².